The Morgan fingerprint density at radius 1 is 0.971 bits per heavy atom. The van der Waals surface area contributed by atoms with Crippen LogP contribution in [0.3, 0.4) is 0 Å². The number of nitrogens with zero attached hydrogens (tertiary/aromatic N) is 3. The highest BCUT2D eigenvalue weighted by molar-refractivity contribution is 7.99. The van der Waals surface area contributed by atoms with Gasteiger partial charge in [-0.05, 0) is 69.0 Å². The molecule has 9 heteroatoms. The number of para-hydroxylation sites is 1. The number of nitrogens with one attached hydrogen (secondary N) is 2. The van der Waals surface area contributed by atoms with Crippen LogP contribution in [0.1, 0.15) is 35.0 Å². The Morgan fingerprint density at radius 2 is 1.71 bits per heavy atom. The third-order valence-corrected chi connectivity index (χ3v) is 6.40. The Labute approximate surface area is 204 Å². The number of rotatable bonds is 10. The minimum absolute atomic E-state index is 0.0772. The van der Waals surface area contributed by atoms with Gasteiger partial charge in [0.15, 0.2) is 17.6 Å². The molecule has 3 rings (SSSR count). The van der Waals surface area contributed by atoms with Gasteiger partial charge in [0, 0.05) is 12.2 Å². The predicted molar refractivity (Wildman–Crippen MR) is 134 cm³/mol. The molecule has 3 aromatic rings. The molecule has 2 aromatic carbocycles. The molecular weight excluding hydrogens is 450 g/mol. The molecule has 1 aromatic heterocycles. The van der Waals surface area contributed by atoms with Crippen LogP contribution >= 0.6 is 11.8 Å². The topological polar surface area (TPSA) is 98.1 Å². The predicted octanol–water partition coefficient (Wildman–Crippen LogP) is 3.96. The highest BCUT2D eigenvalue weighted by Crippen LogP contribution is 2.22. The highest BCUT2D eigenvalue weighted by atomic mass is 32.2. The van der Waals surface area contributed by atoms with E-state index in [9.17, 15) is 9.59 Å². The fourth-order valence-electron chi connectivity index (χ4n) is 3.41. The first kappa shape index (κ1) is 25.3. The normalized spacial score (nSPS) is 10.7. The summed E-state index contributed by atoms with van der Waals surface area (Å²) in [6.07, 6.45) is 0. The van der Waals surface area contributed by atoms with E-state index in [1.807, 2.05) is 75.6 Å². The Hall–Kier alpha value is -3.33. The summed E-state index contributed by atoms with van der Waals surface area (Å²) >= 11 is 1.31. The number of thioether (sulfide) groups is 1. The van der Waals surface area contributed by atoms with E-state index in [-0.39, 0.29) is 30.7 Å². The summed E-state index contributed by atoms with van der Waals surface area (Å²) < 4.78 is 7.59. The molecule has 0 saturated heterocycles. The maximum atomic E-state index is 12.4. The van der Waals surface area contributed by atoms with Crippen LogP contribution in [0.25, 0.3) is 0 Å². The van der Waals surface area contributed by atoms with Crippen LogP contribution in [0.2, 0.25) is 0 Å². The van der Waals surface area contributed by atoms with Crippen LogP contribution in [0.4, 0.5) is 5.69 Å². The second kappa shape index (κ2) is 11.7. The lowest BCUT2D eigenvalue weighted by molar-refractivity contribution is -0.123. The first-order valence-corrected chi connectivity index (χ1v) is 12.1. The molecule has 0 unspecified atom stereocenters. The monoisotopic (exact) mass is 481 g/mol. The van der Waals surface area contributed by atoms with Crippen molar-refractivity contribution in [1.82, 2.24) is 20.1 Å². The SMILES string of the molecule is CCn1c(CNC(=O)COc2c(C)cccc2C)nnc1SCC(=O)Nc1ccc(C)c(C)c1. The number of ether oxygens (including phenoxy) is 1. The van der Waals surface area contributed by atoms with E-state index in [0.717, 1.165) is 28.1 Å². The molecule has 0 bridgehead atoms. The summed E-state index contributed by atoms with van der Waals surface area (Å²) in [5.41, 5.74) is 5.06. The molecule has 0 aliphatic carbocycles. The lowest BCUT2D eigenvalue weighted by Gasteiger charge is -2.12. The van der Waals surface area contributed by atoms with Gasteiger partial charge in [-0.3, -0.25) is 9.59 Å². The van der Waals surface area contributed by atoms with Gasteiger partial charge in [0.25, 0.3) is 5.91 Å². The summed E-state index contributed by atoms with van der Waals surface area (Å²) in [5.74, 6) is 1.21. The summed E-state index contributed by atoms with van der Waals surface area (Å²) in [7, 11) is 0. The lowest BCUT2D eigenvalue weighted by Crippen LogP contribution is -2.29. The van der Waals surface area contributed by atoms with E-state index < -0.39 is 0 Å². The van der Waals surface area contributed by atoms with Crippen LogP contribution < -0.4 is 15.4 Å². The van der Waals surface area contributed by atoms with E-state index in [2.05, 4.69) is 20.8 Å². The number of anilines is 1. The largest absolute Gasteiger partial charge is 0.483 e. The molecule has 1 heterocycles. The number of aromatic nitrogens is 3. The van der Waals surface area contributed by atoms with Gasteiger partial charge < -0.3 is 19.9 Å². The zero-order chi connectivity index (χ0) is 24.7. The molecule has 0 saturated carbocycles. The first-order chi connectivity index (χ1) is 16.3. The van der Waals surface area contributed by atoms with E-state index in [4.69, 9.17) is 4.74 Å². The fourth-order valence-corrected chi connectivity index (χ4v) is 4.24. The zero-order valence-corrected chi connectivity index (χ0v) is 21.1. The number of benzene rings is 2. The van der Waals surface area contributed by atoms with Crippen molar-refractivity contribution in [3.05, 3.63) is 64.5 Å². The number of carbonyl (C=O) groups is 2. The van der Waals surface area contributed by atoms with Crippen molar-refractivity contribution >= 4 is 29.3 Å². The number of hydrogen-bond donors (Lipinski definition) is 2. The van der Waals surface area contributed by atoms with Crippen molar-refractivity contribution in [2.45, 2.75) is 52.9 Å². The standard InChI is InChI=1S/C25H31N5O3S/c1-6-30-21(13-26-22(31)14-33-24-17(3)8-7-9-18(24)4)28-29-25(30)34-15-23(32)27-20-11-10-16(2)19(5)12-20/h7-12H,6,13-15H2,1-5H3,(H,26,31)(H,27,32). The minimum atomic E-state index is -0.240. The molecule has 8 nitrogen and oxygen atoms in total. The molecule has 2 N–H and O–H groups in total. The zero-order valence-electron chi connectivity index (χ0n) is 20.3. The summed E-state index contributed by atoms with van der Waals surface area (Å²) in [4.78, 5) is 24.7. The molecule has 0 atom stereocenters. The summed E-state index contributed by atoms with van der Waals surface area (Å²) in [6, 6.07) is 11.7. The van der Waals surface area contributed by atoms with Gasteiger partial charge in [-0.15, -0.1) is 10.2 Å². The van der Waals surface area contributed by atoms with Gasteiger partial charge in [-0.25, -0.2) is 0 Å². The lowest BCUT2D eigenvalue weighted by atomic mass is 10.1. The van der Waals surface area contributed by atoms with Gasteiger partial charge in [-0.1, -0.05) is 36.0 Å². The molecule has 0 spiro atoms. The summed E-state index contributed by atoms with van der Waals surface area (Å²) in [6.45, 7) is 10.7. The number of hydrogen-bond acceptors (Lipinski definition) is 6. The van der Waals surface area contributed by atoms with Crippen molar-refractivity contribution in [3.63, 3.8) is 0 Å². The quantitative estimate of drug-likeness (QED) is 0.426. The second-order valence-corrected chi connectivity index (χ2v) is 9.01. The molecule has 180 valence electrons. The van der Waals surface area contributed by atoms with Gasteiger partial charge in [0.05, 0.1) is 12.3 Å². The molecule has 0 aliphatic heterocycles. The van der Waals surface area contributed by atoms with Crippen LogP contribution in [-0.2, 0) is 22.7 Å². The van der Waals surface area contributed by atoms with Crippen LogP contribution in [-0.4, -0.2) is 38.9 Å². The molecule has 0 radical (unpaired) electrons. The molecule has 2 amide bonds. The van der Waals surface area contributed by atoms with Gasteiger partial charge in [-0.2, -0.15) is 0 Å². The van der Waals surface area contributed by atoms with E-state index >= 15 is 0 Å². The Kier molecular flexibility index (Phi) is 8.70. The van der Waals surface area contributed by atoms with E-state index in [1.165, 1.54) is 17.3 Å². The third-order valence-electron chi connectivity index (χ3n) is 5.43. The Balaban J connectivity index is 1.50. The minimum Gasteiger partial charge on any atom is -0.483 e. The van der Waals surface area contributed by atoms with Gasteiger partial charge in [0.1, 0.15) is 5.75 Å². The number of aryl methyl sites for hydroxylation is 4. The average molecular weight is 482 g/mol. The van der Waals surface area contributed by atoms with Crippen molar-refractivity contribution in [2.24, 2.45) is 0 Å². The van der Waals surface area contributed by atoms with E-state index in [1.54, 1.807) is 0 Å². The van der Waals surface area contributed by atoms with Crippen molar-refractivity contribution in [3.8, 4) is 5.75 Å². The van der Waals surface area contributed by atoms with Crippen molar-refractivity contribution in [1.29, 1.82) is 0 Å². The van der Waals surface area contributed by atoms with Gasteiger partial charge >= 0.3 is 0 Å². The Bertz CT molecular complexity index is 1160. The maximum Gasteiger partial charge on any atom is 0.258 e. The molecule has 0 fully saturated rings. The van der Waals surface area contributed by atoms with E-state index in [0.29, 0.717) is 17.5 Å². The third kappa shape index (κ3) is 6.60. The molecule has 0 aliphatic rings. The van der Waals surface area contributed by atoms with Crippen molar-refractivity contribution < 1.29 is 14.3 Å². The average Bonchev–Trinajstić information content (AvgIpc) is 3.20. The highest BCUT2D eigenvalue weighted by Gasteiger charge is 2.15. The number of carbonyl (C=O) groups excluding carboxylic acids is 2. The first-order valence-electron chi connectivity index (χ1n) is 11.2. The maximum absolute atomic E-state index is 12.4. The number of amides is 2. The molecular formula is C25H31N5O3S. The van der Waals surface area contributed by atoms with Crippen LogP contribution in [0.5, 0.6) is 5.75 Å². The van der Waals surface area contributed by atoms with Crippen molar-refractivity contribution in [2.75, 3.05) is 17.7 Å². The summed E-state index contributed by atoms with van der Waals surface area (Å²) in [5, 5.41) is 14.8. The Morgan fingerprint density at radius 3 is 2.38 bits per heavy atom. The van der Waals surface area contributed by atoms with Gasteiger partial charge in [0.2, 0.25) is 5.91 Å². The molecule has 34 heavy (non-hydrogen) atoms. The van der Waals surface area contributed by atoms with Crippen LogP contribution in [0, 0.1) is 27.7 Å². The van der Waals surface area contributed by atoms with Crippen LogP contribution in [0.15, 0.2) is 41.6 Å². The smallest absolute Gasteiger partial charge is 0.258 e. The fraction of sp³-hybridized carbons (Fsp3) is 0.360. The second-order valence-electron chi connectivity index (χ2n) is 8.07.